The Kier molecular flexibility index (Phi) is 13.6. The van der Waals surface area contributed by atoms with Crippen molar-refractivity contribution < 1.29 is 39.3 Å². The number of aliphatic hydroxyl groups is 1. The lowest BCUT2D eigenvalue weighted by atomic mass is 9.97. The molecule has 4 aromatic rings. The molecule has 1 aliphatic heterocycles. The molecule has 3 unspecified atom stereocenters. The van der Waals surface area contributed by atoms with Gasteiger partial charge in [-0.1, -0.05) is 79.2 Å². The third-order valence-corrected chi connectivity index (χ3v) is 9.72. The van der Waals surface area contributed by atoms with Crippen LogP contribution in [-0.4, -0.2) is 45.1 Å². The van der Waals surface area contributed by atoms with Crippen molar-refractivity contribution in [1.82, 2.24) is 10.8 Å². The molecule has 1 heterocycles. The number of ether oxygens (including phenoxy) is 2. The number of nitrogens with one attached hydrogen (secondary N) is 2. The van der Waals surface area contributed by atoms with Gasteiger partial charge in [-0.2, -0.15) is 0 Å². The molecule has 0 aromatic heterocycles. The SMILES string of the molecule is O=C(CCCCCC(=O)NCc1ccccc1-c1ccc(C2OC(CSc3ccc(C(=O)O)cc3)CC(c3ccc(CO)cc3)O2)cc1)NO. The topological polar surface area (TPSA) is 154 Å². The van der Waals surface area contributed by atoms with Gasteiger partial charge in [0, 0.05) is 42.0 Å². The molecule has 4 aromatic carbocycles. The average molecular weight is 699 g/mol. The van der Waals surface area contributed by atoms with E-state index in [4.69, 9.17) is 14.7 Å². The maximum Gasteiger partial charge on any atom is 0.335 e. The molecular formula is C39H42N2O8S. The monoisotopic (exact) mass is 698 g/mol. The maximum absolute atomic E-state index is 12.5. The Morgan fingerprint density at radius 3 is 2.14 bits per heavy atom. The summed E-state index contributed by atoms with van der Waals surface area (Å²) in [6.45, 7) is 0.349. The van der Waals surface area contributed by atoms with Gasteiger partial charge in [0.2, 0.25) is 11.8 Å². The van der Waals surface area contributed by atoms with Crippen LogP contribution in [0.1, 0.15) is 83.5 Å². The van der Waals surface area contributed by atoms with E-state index in [1.54, 1.807) is 29.4 Å². The highest BCUT2D eigenvalue weighted by Gasteiger charge is 2.32. The van der Waals surface area contributed by atoms with Gasteiger partial charge in [0.25, 0.3) is 0 Å². The first kappa shape index (κ1) is 36.8. The number of hydroxylamine groups is 1. The minimum atomic E-state index is -0.957. The second-order valence-corrected chi connectivity index (χ2v) is 13.2. The van der Waals surface area contributed by atoms with Gasteiger partial charge in [-0.15, -0.1) is 11.8 Å². The van der Waals surface area contributed by atoms with Gasteiger partial charge in [-0.25, -0.2) is 10.3 Å². The van der Waals surface area contributed by atoms with Crippen LogP contribution in [0.4, 0.5) is 0 Å². The summed E-state index contributed by atoms with van der Waals surface area (Å²) in [6, 6.07) is 30.6. The van der Waals surface area contributed by atoms with E-state index in [2.05, 4.69) is 5.32 Å². The number of carboxylic acid groups (broad SMARTS) is 1. The fraction of sp³-hybridized carbons (Fsp3) is 0.308. The molecule has 1 saturated heterocycles. The van der Waals surface area contributed by atoms with E-state index in [1.807, 2.05) is 84.9 Å². The molecule has 262 valence electrons. The van der Waals surface area contributed by atoms with Crippen LogP contribution in [0.3, 0.4) is 0 Å². The molecule has 3 atom stereocenters. The number of benzene rings is 4. The van der Waals surface area contributed by atoms with Gasteiger partial charge in [0.05, 0.1) is 24.4 Å². The zero-order valence-corrected chi connectivity index (χ0v) is 28.4. The van der Waals surface area contributed by atoms with Gasteiger partial charge in [0.1, 0.15) is 0 Å². The maximum atomic E-state index is 12.5. The first-order chi connectivity index (χ1) is 24.3. The van der Waals surface area contributed by atoms with Crippen molar-refractivity contribution in [3.8, 4) is 11.1 Å². The molecule has 5 N–H and O–H groups in total. The molecule has 0 bridgehead atoms. The molecule has 5 rings (SSSR count). The predicted octanol–water partition coefficient (Wildman–Crippen LogP) is 6.95. The first-order valence-electron chi connectivity index (χ1n) is 16.7. The fourth-order valence-electron chi connectivity index (χ4n) is 5.77. The van der Waals surface area contributed by atoms with Crippen LogP contribution in [0.25, 0.3) is 11.1 Å². The zero-order valence-electron chi connectivity index (χ0n) is 27.6. The number of carbonyl (C=O) groups excluding carboxylic acids is 2. The quantitative estimate of drug-likeness (QED) is 0.0362. The molecule has 11 heteroatoms. The van der Waals surface area contributed by atoms with Crippen LogP contribution in [-0.2, 0) is 32.2 Å². The van der Waals surface area contributed by atoms with E-state index >= 15 is 0 Å². The Bertz CT molecular complexity index is 1710. The van der Waals surface area contributed by atoms with Crippen molar-refractivity contribution >= 4 is 29.5 Å². The van der Waals surface area contributed by atoms with Crippen molar-refractivity contribution in [2.45, 2.75) is 75.1 Å². The Hall–Kier alpha value is -4.52. The Labute approximate surface area is 295 Å². The number of aliphatic hydroxyl groups excluding tert-OH is 1. The largest absolute Gasteiger partial charge is 0.478 e. The van der Waals surface area contributed by atoms with E-state index in [0.29, 0.717) is 38.0 Å². The molecule has 0 aliphatic carbocycles. The van der Waals surface area contributed by atoms with E-state index in [0.717, 1.165) is 44.7 Å². The molecule has 10 nitrogen and oxygen atoms in total. The smallest absolute Gasteiger partial charge is 0.335 e. The van der Waals surface area contributed by atoms with Gasteiger partial charge < -0.3 is 25.0 Å². The lowest BCUT2D eigenvalue weighted by Gasteiger charge is -2.36. The van der Waals surface area contributed by atoms with Gasteiger partial charge in [0.15, 0.2) is 6.29 Å². The summed E-state index contributed by atoms with van der Waals surface area (Å²) in [5.74, 6) is -0.787. The summed E-state index contributed by atoms with van der Waals surface area (Å²) in [4.78, 5) is 35.8. The second-order valence-electron chi connectivity index (χ2n) is 12.1. The average Bonchev–Trinajstić information content (AvgIpc) is 3.16. The van der Waals surface area contributed by atoms with Crippen LogP contribution < -0.4 is 10.8 Å². The molecule has 0 saturated carbocycles. The number of carboxylic acids is 1. The minimum absolute atomic E-state index is 0.0334. The third-order valence-electron chi connectivity index (χ3n) is 8.57. The predicted molar refractivity (Wildman–Crippen MR) is 189 cm³/mol. The summed E-state index contributed by atoms with van der Waals surface area (Å²) >= 11 is 1.60. The molecule has 0 spiro atoms. The van der Waals surface area contributed by atoms with Crippen molar-refractivity contribution in [3.05, 3.63) is 125 Å². The second kappa shape index (κ2) is 18.5. The normalized spacial score (nSPS) is 17.2. The number of aromatic carboxylic acids is 1. The lowest BCUT2D eigenvalue weighted by molar-refractivity contribution is -0.245. The Morgan fingerprint density at radius 2 is 1.46 bits per heavy atom. The molecular weight excluding hydrogens is 657 g/mol. The Morgan fingerprint density at radius 1 is 0.780 bits per heavy atom. The van der Waals surface area contributed by atoms with Crippen LogP contribution in [0.2, 0.25) is 0 Å². The van der Waals surface area contributed by atoms with Crippen LogP contribution in [0, 0.1) is 0 Å². The van der Waals surface area contributed by atoms with Crippen LogP contribution in [0.5, 0.6) is 0 Å². The molecule has 0 radical (unpaired) electrons. The van der Waals surface area contributed by atoms with E-state index < -0.39 is 18.2 Å². The number of amides is 2. The third kappa shape index (κ3) is 10.5. The highest BCUT2D eigenvalue weighted by Crippen LogP contribution is 2.40. The van der Waals surface area contributed by atoms with Crippen molar-refractivity contribution in [2.75, 3.05) is 5.75 Å². The van der Waals surface area contributed by atoms with E-state index in [1.165, 1.54) is 0 Å². The number of unbranched alkanes of at least 4 members (excludes halogenated alkanes) is 2. The van der Waals surface area contributed by atoms with Crippen LogP contribution >= 0.6 is 11.8 Å². The summed E-state index contributed by atoms with van der Waals surface area (Å²) in [7, 11) is 0. The molecule has 50 heavy (non-hydrogen) atoms. The Balaban J connectivity index is 1.24. The van der Waals surface area contributed by atoms with Crippen molar-refractivity contribution in [3.63, 3.8) is 0 Å². The van der Waals surface area contributed by atoms with Crippen LogP contribution in [0.15, 0.2) is 102 Å². The minimum Gasteiger partial charge on any atom is -0.478 e. The number of rotatable bonds is 16. The highest BCUT2D eigenvalue weighted by atomic mass is 32.2. The lowest BCUT2D eigenvalue weighted by Crippen LogP contribution is -2.31. The van der Waals surface area contributed by atoms with Gasteiger partial charge in [-0.05, 0) is 64.9 Å². The summed E-state index contributed by atoms with van der Waals surface area (Å²) in [6.07, 6.45) is 2.22. The number of thioether (sulfide) groups is 1. The number of hydrogen-bond donors (Lipinski definition) is 5. The van der Waals surface area contributed by atoms with Crippen molar-refractivity contribution in [1.29, 1.82) is 0 Å². The molecule has 2 amide bonds. The zero-order chi connectivity index (χ0) is 35.3. The fourth-order valence-corrected chi connectivity index (χ4v) is 6.69. The standard InChI is InChI=1S/C39H42N2O8S/c42-24-26-10-12-28(13-11-26)35-22-32(25-50-33-20-18-29(19-21-33)38(45)46)48-39(49-35)30-16-14-27(15-17-30)34-7-5-4-6-31(34)23-40-36(43)8-2-1-3-9-37(44)41-47/h4-7,10-21,32,35,39,42,47H,1-3,8-9,22-25H2,(H,40,43)(H,41,44)(H,45,46). The van der Waals surface area contributed by atoms with E-state index in [-0.39, 0.29) is 36.7 Å². The van der Waals surface area contributed by atoms with E-state index in [9.17, 15) is 24.6 Å². The summed E-state index contributed by atoms with van der Waals surface area (Å²) in [5, 5.41) is 30.3. The van der Waals surface area contributed by atoms with Crippen molar-refractivity contribution in [2.24, 2.45) is 0 Å². The summed E-state index contributed by atoms with van der Waals surface area (Å²) in [5.41, 5.74) is 7.53. The summed E-state index contributed by atoms with van der Waals surface area (Å²) < 4.78 is 13.0. The van der Waals surface area contributed by atoms with Gasteiger partial charge in [-0.3, -0.25) is 14.8 Å². The highest BCUT2D eigenvalue weighted by molar-refractivity contribution is 7.99. The number of hydrogen-bond acceptors (Lipinski definition) is 8. The molecule has 1 aliphatic rings. The number of carbonyl (C=O) groups is 3. The molecule has 1 fully saturated rings. The first-order valence-corrected chi connectivity index (χ1v) is 17.7. The van der Waals surface area contributed by atoms with Gasteiger partial charge >= 0.3 is 5.97 Å².